The maximum atomic E-state index is 12.8. The van der Waals surface area contributed by atoms with Crippen molar-refractivity contribution < 1.29 is 9.18 Å². The predicted molar refractivity (Wildman–Crippen MR) is 83.1 cm³/mol. The van der Waals surface area contributed by atoms with E-state index < -0.39 is 0 Å². The quantitative estimate of drug-likeness (QED) is 0.936. The molecule has 0 heterocycles. The molecule has 0 spiro atoms. The molecule has 0 unspecified atom stereocenters. The van der Waals surface area contributed by atoms with Crippen molar-refractivity contribution in [2.75, 3.05) is 19.0 Å². The lowest BCUT2D eigenvalue weighted by Crippen LogP contribution is -2.23. The van der Waals surface area contributed by atoms with Crippen LogP contribution >= 0.6 is 0 Å². The Labute approximate surface area is 124 Å². The second-order valence-electron chi connectivity index (χ2n) is 5.20. The van der Waals surface area contributed by atoms with Crippen LogP contribution in [0.25, 0.3) is 0 Å². The second-order valence-corrected chi connectivity index (χ2v) is 5.20. The van der Waals surface area contributed by atoms with Crippen LogP contribution in [0.2, 0.25) is 0 Å². The van der Waals surface area contributed by atoms with E-state index in [0.29, 0.717) is 12.1 Å². The third-order valence-electron chi connectivity index (χ3n) is 3.31. The fourth-order valence-electron chi connectivity index (χ4n) is 2.19. The first-order chi connectivity index (χ1) is 9.97. The van der Waals surface area contributed by atoms with E-state index in [1.54, 1.807) is 12.1 Å². The van der Waals surface area contributed by atoms with Crippen molar-refractivity contribution in [3.63, 3.8) is 0 Å². The van der Waals surface area contributed by atoms with Gasteiger partial charge in [-0.3, -0.25) is 4.79 Å². The van der Waals surface area contributed by atoms with Crippen LogP contribution in [-0.2, 0) is 6.54 Å². The van der Waals surface area contributed by atoms with Crippen LogP contribution in [0.1, 0.15) is 21.5 Å². The van der Waals surface area contributed by atoms with Gasteiger partial charge < -0.3 is 10.2 Å². The molecule has 0 aliphatic rings. The molecule has 2 aromatic rings. The minimum Gasteiger partial charge on any atom is -0.377 e. The number of nitrogens with one attached hydrogen (secondary N) is 1. The second kappa shape index (κ2) is 6.39. The lowest BCUT2D eigenvalue weighted by atomic mass is 10.1. The molecule has 0 aliphatic carbocycles. The number of aryl methyl sites for hydroxylation is 1. The van der Waals surface area contributed by atoms with Crippen LogP contribution in [0, 0.1) is 12.7 Å². The molecular weight excluding hydrogens is 267 g/mol. The molecule has 2 aromatic carbocycles. The molecule has 3 nitrogen and oxygen atoms in total. The van der Waals surface area contributed by atoms with Gasteiger partial charge in [-0.1, -0.05) is 12.1 Å². The van der Waals surface area contributed by atoms with Crippen molar-refractivity contribution in [2.45, 2.75) is 13.5 Å². The fraction of sp³-hybridized carbons (Fsp3) is 0.235. The number of halogens is 1. The van der Waals surface area contributed by atoms with Gasteiger partial charge in [0.15, 0.2) is 0 Å². The number of carbonyl (C=O) groups excluding carboxylic acids is 1. The Hall–Kier alpha value is -2.36. The van der Waals surface area contributed by atoms with Gasteiger partial charge in [-0.05, 0) is 48.4 Å². The van der Waals surface area contributed by atoms with Crippen LogP contribution in [0.5, 0.6) is 0 Å². The fourth-order valence-corrected chi connectivity index (χ4v) is 2.19. The molecule has 0 radical (unpaired) electrons. The zero-order valence-corrected chi connectivity index (χ0v) is 12.5. The molecular formula is C17H19FN2O. The van der Waals surface area contributed by atoms with Gasteiger partial charge in [0, 0.05) is 31.9 Å². The average Bonchev–Trinajstić information content (AvgIpc) is 2.45. The SMILES string of the molecule is Cc1cc(C(=O)NCc2ccc(F)cc2)ccc1N(C)C. The van der Waals surface area contributed by atoms with Gasteiger partial charge in [0.05, 0.1) is 0 Å². The summed E-state index contributed by atoms with van der Waals surface area (Å²) in [6.07, 6.45) is 0. The normalized spacial score (nSPS) is 10.3. The molecule has 0 aromatic heterocycles. The third kappa shape index (κ3) is 3.81. The predicted octanol–water partition coefficient (Wildman–Crippen LogP) is 3.13. The zero-order valence-electron chi connectivity index (χ0n) is 12.5. The van der Waals surface area contributed by atoms with Crippen LogP contribution in [0.15, 0.2) is 42.5 Å². The number of nitrogens with zero attached hydrogens (tertiary/aromatic N) is 1. The Morgan fingerprint density at radius 3 is 2.38 bits per heavy atom. The summed E-state index contributed by atoms with van der Waals surface area (Å²) in [4.78, 5) is 14.1. The van der Waals surface area contributed by atoms with Crippen LogP contribution < -0.4 is 10.2 Å². The van der Waals surface area contributed by atoms with E-state index in [2.05, 4.69) is 5.32 Å². The molecule has 110 valence electrons. The van der Waals surface area contributed by atoms with Gasteiger partial charge in [-0.15, -0.1) is 0 Å². The lowest BCUT2D eigenvalue weighted by molar-refractivity contribution is 0.0951. The van der Waals surface area contributed by atoms with Crippen LogP contribution in [0.3, 0.4) is 0 Å². The van der Waals surface area contributed by atoms with Gasteiger partial charge in [0.2, 0.25) is 0 Å². The highest BCUT2D eigenvalue weighted by Crippen LogP contribution is 2.19. The molecule has 0 fully saturated rings. The molecule has 0 saturated carbocycles. The number of anilines is 1. The number of amides is 1. The summed E-state index contributed by atoms with van der Waals surface area (Å²) in [6.45, 7) is 2.36. The van der Waals surface area contributed by atoms with Crippen LogP contribution in [0.4, 0.5) is 10.1 Å². The third-order valence-corrected chi connectivity index (χ3v) is 3.31. The molecule has 1 N–H and O–H groups in total. The lowest BCUT2D eigenvalue weighted by Gasteiger charge is -2.16. The van der Waals surface area contributed by atoms with E-state index >= 15 is 0 Å². The Bertz CT molecular complexity index is 636. The standard InChI is InChI=1S/C17H19FN2O/c1-12-10-14(6-9-16(12)20(2)3)17(21)19-11-13-4-7-15(18)8-5-13/h4-10H,11H2,1-3H3,(H,19,21). The molecule has 21 heavy (non-hydrogen) atoms. The number of benzene rings is 2. The number of hydrogen-bond acceptors (Lipinski definition) is 2. The van der Waals surface area contributed by atoms with E-state index in [0.717, 1.165) is 16.8 Å². The van der Waals surface area contributed by atoms with Crippen molar-refractivity contribution in [3.05, 3.63) is 65.0 Å². The van der Waals surface area contributed by atoms with Gasteiger partial charge in [-0.2, -0.15) is 0 Å². The number of carbonyl (C=O) groups is 1. The number of rotatable bonds is 4. The first-order valence-electron chi connectivity index (χ1n) is 6.78. The number of hydrogen-bond donors (Lipinski definition) is 1. The highest BCUT2D eigenvalue weighted by atomic mass is 19.1. The Balaban J connectivity index is 2.03. The van der Waals surface area contributed by atoms with E-state index in [1.807, 2.05) is 44.1 Å². The summed E-state index contributed by atoms with van der Waals surface area (Å²) in [5.74, 6) is -0.410. The van der Waals surface area contributed by atoms with Gasteiger partial charge in [0.25, 0.3) is 5.91 Å². The van der Waals surface area contributed by atoms with Gasteiger partial charge in [0.1, 0.15) is 5.82 Å². The Morgan fingerprint density at radius 2 is 1.81 bits per heavy atom. The van der Waals surface area contributed by atoms with E-state index in [-0.39, 0.29) is 11.7 Å². The summed E-state index contributed by atoms with van der Waals surface area (Å²) < 4.78 is 12.8. The highest BCUT2D eigenvalue weighted by Gasteiger charge is 2.08. The smallest absolute Gasteiger partial charge is 0.251 e. The van der Waals surface area contributed by atoms with Crippen molar-refractivity contribution >= 4 is 11.6 Å². The highest BCUT2D eigenvalue weighted by molar-refractivity contribution is 5.94. The topological polar surface area (TPSA) is 32.3 Å². The van der Waals surface area contributed by atoms with E-state index in [9.17, 15) is 9.18 Å². The Kier molecular flexibility index (Phi) is 4.58. The Morgan fingerprint density at radius 1 is 1.14 bits per heavy atom. The largest absolute Gasteiger partial charge is 0.377 e. The summed E-state index contributed by atoms with van der Waals surface area (Å²) in [7, 11) is 3.94. The van der Waals surface area contributed by atoms with E-state index in [4.69, 9.17) is 0 Å². The average molecular weight is 286 g/mol. The summed E-state index contributed by atoms with van der Waals surface area (Å²) in [6, 6.07) is 11.7. The first kappa shape index (κ1) is 15.0. The monoisotopic (exact) mass is 286 g/mol. The molecule has 2 rings (SSSR count). The minimum absolute atomic E-state index is 0.132. The summed E-state index contributed by atoms with van der Waals surface area (Å²) >= 11 is 0. The summed E-state index contributed by atoms with van der Waals surface area (Å²) in [5.41, 5.74) is 3.63. The van der Waals surface area contributed by atoms with Gasteiger partial charge in [-0.25, -0.2) is 4.39 Å². The maximum Gasteiger partial charge on any atom is 0.251 e. The van der Waals surface area contributed by atoms with Crippen LogP contribution in [-0.4, -0.2) is 20.0 Å². The molecule has 4 heteroatoms. The first-order valence-corrected chi connectivity index (χ1v) is 6.78. The minimum atomic E-state index is -0.278. The van der Waals surface area contributed by atoms with Crippen molar-refractivity contribution in [2.24, 2.45) is 0 Å². The van der Waals surface area contributed by atoms with Gasteiger partial charge >= 0.3 is 0 Å². The van der Waals surface area contributed by atoms with Crippen molar-refractivity contribution in [1.82, 2.24) is 5.32 Å². The molecule has 0 saturated heterocycles. The van der Waals surface area contributed by atoms with E-state index in [1.165, 1.54) is 12.1 Å². The zero-order chi connectivity index (χ0) is 15.4. The van der Waals surface area contributed by atoms with Crippen molar-refractivity contribution in [1.29, 1.82) is 0 Å². The molecule has 0 bridgehead atoms. The van der Waals surface area contributed by atoms with Crippen molar-refractivity contribution in [3.8, 4) is 0 Å². The molecule has 1 amide bonds. The summed E-state index contributed by atoms with van der Waals surface area (Å²) in [5, 5.41) is 2.84. The molecule has 0 atom stereocenters. The maximum absolute atomic E-state index is 12.8. The molecule has 0 aliphatic heterocycles.